The number of halogens is 33. The van der Waals surface area contributed by atoms with Gasteiger partial charge < -0.3 is 0 Å². The molecule has 332 valence electrons. The maximum atomic E-state index is 14.6. The summed E-state index contributed by atoms with van der Waals surface area (Å²) < 4.78 is 459. The van der Waals surface area contributed by atoms with Crippen LogP contribution in [0.3, 0.4) is 0 Å². The highest BCUT2D eigenvalue weighted by molar-refractivity contribution is 7.87. The number of ether oxygens (including phenoxy) is 2. The van der Waals surface area contributed by atoms with E-state index in [-0.39, 0.29) is 0 Å². The summed E-state index contributed by atoms with van der Waals surface area (Å²) >= 11 is 0. The van der Waals surface area contributed by atoms with Crippen LogP contribution in [-0.4, -0.2) is 104 Å². The van der Waals surface area contributed by atoms with E-state index in [4.69, 9.17) is 0 Å². The Balaban J connectivity index is 7.58. The van der Waals surface area contributed by atoms with Crippen molar-refractivity contribution in [2.24, 2.45) is 0 Å². The van der Waals surface area contributed by atoms with Gasteiger partial charge in [-0.25, -0.2) is 13.3 Å². The molecule has 5 nitrogen and oxygen atoms in total. The van der Waals surface area contributed by atoms with Crippen LogP contribution in [0.1, 0.15) is 0 Å². The summed E-state index contributed by atoms with van der Waals surface area (Å²) in [6, 6.07) is 0. The average Bonchev–Trinajstić information content (AvgIpc) is 2.88. The fourth-order valence-corrected chi connectivity index (χ4v) is 3.40. The van der Waals surface area contributed by atoms with Crippen LogP contribution in [0.25, 0.3) is 0 Å². The zero-order valence-electron chi connectivity index (χ0n) is 23.0. The van der Waals surface area contributed by atoms with Crippen LogP contribution in [0.15, 0.2) is 0 Å². The van der Waals surface area contributed by atoms with Crippen LogP contribution < -0.4 is 0 Å². The smallest absolute Gasteiger partial charge is 0.264 e. The minimum atomic E-state index is -9.71. The van der Waals surface area contributed by atoms with Crippen molar-refractivity contribution in [2.75, 3.05) is 0 Å². The molecule has 0 amide bonds. The van der Waals surface area contributed by atoms with E-state index in [0.29, 0.717) is 4.74 Å². The quantitative estimate of drug-likeness (QED) is 0.114. The van der Waals surface area contributed by atoms with E-state index in [1.165, 1.54) is 4.18 Å². The van der Waals surface area contributed by atoms with Crippen LogP contribution in [0, 0.1) is 0 Å². The standard InChI is InChI=1S/C16HF33O5S/c17-1(52-55(50,51)16(48,49)7(28,29)5(24,25)11(36,37)38)2(18,19)3(20,21)9(32,8(30,31)12(39,40)41)53-14(44,45)15(46,47)54-13(42,43)6(26,27)4(22,23)10(33,34)35/h1H. The van der Waals surface area contributed by atoms with Crippen molar-refractivity contribution in [2.45, 2.75) is 95.8 Å². The lowest BCUT2D eigenvalue weighted by Crippen LogP contribution is -2.74. The van der Waals surface area contributed by atoms with Crippen molar-refractivity contribution in [1.82, 2.24) is 0 Å². The molecule has 0 rings (SSSR count). The predicted molar refractivity (Wildman–Crippen MR) is 93.5 cm³/mol. The molecule has 0 N–H and O–H groups in total. The van der Waals surface area contributed by atoms with Gasteiger partial charge in [0.05, 0.1) is 0 Å². The molecule has 0 aromatic rings. The average molecular weight is 932 g/mol. The monoisotopic (exact) mass is 932 g/mol. The summed E-state index contributed by atoms with van der Waals surface area (Å²) in [7, 11) is -9.44. The van der Waals surface area contributed by atoms with Gasteiger partial charge in [-0.15, -0.1) is 0 Å². The fourth-order valence-electron chi connectivity index (χ4n) is 2.50. The van der Waals surface area contributed by atoms with Crippen LogP contribution >= 0.6 is 0 Å². The fraction of sp³-hybridized carbons (Fsp3) is 1.00. The van der Waals surface area contributed by atoms with Gasteiger partial charge in [-0.1, -0.05) is 0 Å². The normalized spacial score (nSPS) is 18.3. The van der Waals surface area contributed by atoms with Gasteiger partial charge in [0.25, 0.3) is 6.36 Å². The summed E-state index contributed by atoms with van der Waals surface area (Å²) in [6.45, 7) is 0. The molecule has 0 aromatic heterocycles. The summed E-state index contributed by atoms with van der Waals surface area (Å²) in [6.07, 6.45) is -59.3. The molecule has 0 saturated carbocycles. The van der Waals surface area contributed by atoms with Gasteiger partial charge >= 0.3 is 99.5 Å². The van der Waals surface area contributed by atoms with Gasteiger partial charge in [0.1, 0.15) is 0 Å². The lowest BCUT2D eigenvalue weighted by molar-refractivity contribution is -0.563. The Bertz CT molecular complexity index is 1490. The van der Waals surface area contributed by atoms with Crippen molar-refractivity contribution in [1.29, 1.82) is 0 Å². The first-order valence-electron chi connectivity index (χ1n) is 11.1. The minimum absolute atomic E-state index is 0.701. The van der Waals surface area contributed by atoms with E-state index in [0.717, 1.165) is 4.74 Å². The molecule has 0 heterocycles. The van der Waals surface area contributed by atoms with Crippen LogP contribution in [0.5, 0.6) is 0 Å². The van der Waals surface area contributed by atoms with E-state index in [9.17, 15) is 153 Å². The van der Waals surface area contributed by atoms with Crippen LogP contribution in [0.4, 0.5) is 145 Å². The Morgan fingerprint density at radius 3 is 0.945 bits per heavy atom. The lowest BCUT2D eigenvalue weighted by Gasteiger charge is -2.44. The number of hydrogen-bond donors (Lipinski definition) is 0. The van der Waals surface area contributed by atoms with Gasteiger partial charge in [-0.3, -0.25) is 4.74 Å². The van der Waals surface area contributed by atoms with Gasteiger partial charge in [0, 0.05) is 0 Å². The largest absolute Gasteiger partial charge is 0.460 e. The highest BCUT2D eigenvalue weighted by Crippen LogP contribution is 2.63. The van der Waals surface area contributed by atoms with Crippen LogP contribution in [-0.2, 0) is 23.8 Å². The molecule has 39 heteroatoms. The number of hydrogen-bond acceptors (Lipinski definition) is 5. The van der Waals surface area contributed by atoms with E-state index >= 15 is 0 Å². The molecule has 55 heavy (non-hydrogen) atoms. The van der Waals surface area contributed by atoms with E-state index in [2.05, 4.69) is 0 Å². The Labute approximate surface area is 274 Å². The molecule has 0 aliphatic carbocycles. The maximum Gasteiger partial charge on any atom is 0.460 e. The first-order valence-corrected chi connectivity index (χ1v) is 12.5. The second-order valence-corrected chi connectivity index (χ2v) is 10.9. The Kier molecular flexibility index (Phi) is 12.7. The second kappa shape index (κ2) is 13.3. The van der Waals surface area contributed by atoms with Crippen molar-refractivity contribution in [3.05, 3.63) is 0 Å². The van der Waals surface area contributed by atoms with E-state index < -0.39 is 106 Å². The highest BCUT2D eigenvalue weighted by atomic mass is 32.2. The van der Waals surface area contributed by atoms with Gasteiger partial charge in [0.15, 0.2) is 0 Å². The third-order valence-electron chi connectivity index (χ3n) is 5.49. The van der Waals surface area contributed by atoms with Crippen molar-refractivity contribution in [3.8, 4) is 0 Å². The Morgan fingerprint density at radius 2 is 0.636 bits per heavy atom. The Hall–Kier alpha value is -2.48. The third kappa shape index (κ3) is 7.65. The van der Waals surface area contributed by atoms with Gasteiger partial charge in [0.2, 0.25) is 0 Å². The first-order chi connectivity index (χ1) is 23.0. The molecule has 0 spiro atoms. The molecule has 2 atom stereocenters. The number of alkyl halides is 33. The highest BCUT2D eigenvalue weighted by Gasteiger charge is 2.93. The molecule has 2 unspecified atom stereocenters. The molecule has 0 radical (unpaired) electrons. The van der Waals surface area contributed by atoms with Crippen molar-refractivity contribution < 1.29 is 167 Å². The van der Waals surface area contributed by atoms with Gasteiger partial charge in [-0.05, 0) is 0 Å². The second-order valence-electron chi connectivity index (χ2n) is 9.30. The molecule has 0 fully saturated rings. The van der Waals surface area contributed by atoms with Crippen molar-refractivity contribution in [3.63, 3.8) is 0 Å². The minimum Gasteiger partial charge on any atom is -0.264 e. The third-order valence-corrected chi connectivity index (χ3v) is 6.79. The topological polar surface area (TPSA) is 61.8 Å². The zero-order valence-corrected chi connectivity index (χ0v) is 23.8. The van der Waals surface area contributed by atoms with E-state index in [1.54, 1.807) is 0 Å². The molecule has 0 saturated heterocycles. The first kappa shape index (κ1) is 52.5. The molecule has 0 aliphatic heterocycles. The summed E-state index contributed by atoms with van der Waals surface area (Å²) in [5.74, 6) is -72.5. The summed E-state index contributed by atoms with van der Waals surface area (Å²) in [5.41, 5.74) is 0. The molecule has 0 aliphatic rings. The van der Waals surface area contributed by atoms with Crippen molar-refractivity contribution >= 4 is 10.1 Å². The summed E-state index contributed by atoms with van der Waals surface area (Å²) in [4.78, 5) is 0. The predicted octanol–water partition coefficient (Wildman–Crippen LogP) is 9.83. The van der Waals surface area contributed by atoms with Crippen LogP contribution in [0.2, 0.25) is 0 Å². The molecular weight excluding hydrogens is 931 g/mol. The zero-order chi connectivity index (χ0) is 45.7. The SMILES string of the molecule is O=S(=O)(OC(F)C(F)(F)C(F)(F)C(F)(OC(F)(F)C(F)(F)OC(F)(F)C(F)(F)C(F)(F)C(F)(F)F)C(F)(F)C(F)(F)F)C(F)(F)C(F)(F)C(F)(F)C(F)(F)F. The molecule has 0 aromatic carbocycles. The maximum absolute atomic E-state index is 14.6. The molecule has 0 bridgehead atoms. The Morgan fingerprint density at radius 1 is 0.345 bits per heavy atom. The number of rotatable bonds is 16. The summed E-state index contributed by atoms with van der Waals surface area (Å²) in [5, 5.41) is -8.71. The molecular formula is C16HF33O5S. The van der Waals surface area contributed by atoms with E-state index in [1.807, 2.05) is 0 Å². The lowest BCUT2D eigenvalue weighted by atomic mass is 9.96. The van der Waals surface area contributed by atoms with Gasteiger partial charge in [-0.2, -0.15) is 149 Å².